The Morgan fingerprint density at radius 1 is 1.47 bits per heavy atom. The van der Waals surface area contributed by atoms with E-state index in [-0.39, 0.29) is 6.04 Å². The summed E-state index contributed by atoms with van der Waals surface area (Å²) in [7, 11) is 0. The van der Waals surface area contributed by atoms with Gasteiger partial charge in [0.2, 0.25) is 0 Å². The van der Waals surface area contributed by atoms with Crippen LogP contribution in [0.25, 0.3) is 0 Å². The lowest BCUT2D eigenvalue weighted by molar-refractivity contribution is 0.112. The van der Waals surface area contributed by atoms with E-state index in [0.717, 1.165) is 5.56 Å². The summed E-state index contributed by atoms with van der Waals surface area (Å²) >= 11 is 0. The summed E-state index contributed by atoms with van der Waals surface area (Å²) in [5, 5.41) is 0. The van der Waals surface area contributed by atoms with Crippen molar-refractivity contribution < 1.29 is 4.42 Å². The van der Waals surface area contributed by atoms with Crippen LogP contribution in [0.5, 0.6) is 0 Å². The van der Waals surface area contributed by atoms with Gasteiger partial charge in [0.25, 0.3) is 0 Å². The van der Waals surface area contributed by atoms with E-state index < -0.39 is 0 Å². The van der Waals surface area contributed by atoms with Gasteiger partial charge in [-0.1, -0.05) is 26.7 Å². The molecular formula is C13H21NO. The average molecular weight is 207 g/mol. The molecule has 1 saturated carbocycles. The molecule has 1 fully saturated rings. The highest BCUT2D eigenvalue weighted by Gasteiger charge is 2.36. The zero-order valence-electron chi connectivity index (χ0n) is 9.70. The van der Waals surface area contributed by atoms with E-state index in [9.17, 15) is 0 Å². The van der Waals surface area contributed by atoms with E-state index in [1.54, 1.807) is 12.5 Å². The van der Waals surface area contributed by atoms with Gasteiger partial charge >= 0.3 is 0 Å². The fourth-order valence-corrected chi connectivity index (χ4v) is 2.88. The first-order valence-corrected chi connectivity index (χ1v) is 5.89. The van der Waals surface area contributed by atoms with Crippen LogP contribution in [-0.4, -0.2) is 0 Å². The predicted octanol–water partition coefficient (Wildman–Crippen LogP) is 3.50. The number of hydrogen-bond donors (Lipinski definition) is 1. The summed E-state index contributed by atoms with van der Waals surface area (Å²) in [6.45, 7) is 4.69. The molecule has 2 atom stereocenters. The molecule has 0 radical (unpaired) electrons. The molecule has 0 aromatic carbocycles. The molecule has 0 spiro atoms. The molecular weight excluding hydrogens is 186 g/mol. The molecule has 84 valence electrons. The van der Waals surface area contributed by atoms with E-state index in [1.807, 2.05) is 6.07 Å². The van der Waals surface area contributed by atoms with Crippen molar-refractivity contribution >= 4 is 0 Å². The SMILES string of the molecule is CC1(C)CCCCC1C(N)c1ccoc1. The maximum absolute atomic E-state index is 6.33. The fourth-order valence-electron chi connectivity index (χ4n) is 2.88. The van der Waals surface area contributed by atoms with Gasteiger partial charge < -0.3 is 10.2 Å². The minimum Gasteiger partial charge on any atom is -0.472 e. The first kappa shape index (κ1) is 10.7. The van der Waals surface area contributed by atoms with Crippen LogP contribution in [0.15, 0.2) is 23.0 Å². The third-order valence-corrected chi connectivity index (χ3v) is 3.95. The van der Waals surface area contributed by atoms with Crippen molar-refractivity contribution in [2.75, 3.05) is 0 Å². The van der Waals surface area contributed by atoms with Crippen LogP contribution >= 0.6 is 0 Å². The molecule has 1 aromatic rings. The Hall–Kier alpha value is -0.760. The number of rotatable bonds is 2. The molecule has 1 aliphatic carbocycles. The Morgan fingerprint density at radius 3 is 2.87 bits per heavy atom. The van der Waals surface area contributed by atoms with Crippen molar-refractivity contribution in [3.05, 3.63) is 24.2 Å². The highest BCUT2D eigenvalue weighted by Crippen LogP contribution is 2.45. The van der Waals surface area contributed by atoms with E-state index in [1.165, 1.54) is 25.7 Å². The molecule has 0 bridgehead atoms. The lowest BCUT2D eigenvalue weighted by Gasteiger charge is -2.41. The molecule has 1 heterocycles. The highest BCUT2D eigenvalue weighted by molar-refractivity contribution is 5.13. The zero-order chi connectivity index (χ0) is 10.9. The van der Waals surface area contributed by atoms with Crippen LogP contribution in [0.4, 0.5) is 0 Å². The van der Waals surface area contributed by atoms with E-state index in [0.29, 0.717) is 11.3 Å². The topological polar surface area (TPSA) is 39.2 Å². The predicted molar refractivity (Wildman–Crippen MR) is 61.4 cm³/mol. The van der Waals surface area contributed by atoms with Gasteiger partial charge in [-0.25, -0.2) is 0 Å². The highest BCUT2D eigenvalue weighted by atomic mass is 16.3. The summed E-state index contributed by atoms with van der Waals surface area (Å²) in [4.78, 5) is 0. The second kappa shape index (κ2) is 4.01. The molecule has 0 aliphatic heterocycles. The molecule has 2 nitrogen and oxygen atoms in total. The molecule has 0 amide bonds. The van der Waals surface area contributed by atoms with Gasteiger partial charge in [0, 0.05) is 11.6 Å². The van der Waals surface area contributed by atoms with Gasteiger partial charge in [-0.05, 0) is 30.2 Å². The summed E-state index contributed by atoms with van der Waals surface area (Å²) in [6.07, 6.45) is 8.71. The molecule has 15 heavy (non-hydrogen) atoms. The molecule has 1 aliphatic rings. The Kier molecular flexibility index (Phi) is 2.87. The van der Waals surface area contributed by atoms with Crippen molar-refractivity contribution in [1.29, 1.82) is 0 Å². The van der Waals surface area contributed by atoms with Crippen molar-refractivity contribution in [1.82, 2.24) is 0 Å². The molecule has 1 aromatic heterocycles. The number of nitrogens with two attached hydrogens (primary N) is 1. The van der Waals surface area contributed by atoms with Gasteiger partial charge in [-0.15, -0.1) is 0 Å². The van der Waals surface area contributed by atoms with E-state index in [4.69, 9.17) is 10.2 Å². The van der Waals surface area contributed by atoms with Crippen molar-refractivity contribution in [2.45, 2.75) is 45.6 Å². The van der Waals surface area contributed by atoms with Crippen molar-refractivity contribution in [2.24, 2.45) is 17.1 Å². The molecule has 0 saturated heterocycles. The van der Waals surface area contributed by atoms with Gasteiger partial charge in [0.05, 0.1) is 12.5 Å². The summed E-state index contributed by atoms with van der Waals surface area (Å²) in [5.74, 6) is 0.587. The standard InChI is InChI=1S/C13H21NO/c1-13(2)7-4-3-5-11(13)12(14)10-6-8-15-9-10/h6,8-9,11-12H,3-5,7,14H2,1-2H3. The Bertz CT molecular complexity index is 302. The third-order valence-electron chi connectivity index (χ3n) is 3.95. The Morgan fingerprint density at radius 2 is 2.27 bits per heavy atom. The van der Waals surface area contributed by atoms with Crippen LogP contribution < -0.4 is 5.73 Å². The van der Waals surface area contributed by atoms with Gasteiger partial charge in [-0.2, -0.15) is 0 Å². The molecule has 2 rings (SSSR count). The lowest BCUT2D eigenvalue weighted by atomic mass is 9.65. The van der Waals surface area contributed by atoms with Gasteiger partial charge in [0.1, 0.15) is 0 Å². The number of furan rings is 1. The average Bonchev–Trinajstić information content (AvgIpc) is 2.69. The normalized spacial score (nSPS) is 27.5. The second-order valence-electron chi connectivity index (χ2n) is 5.42. The lowest BCUT2D eigenvalue weighted by Crippen LogP contribution is -2.36. The zero-order valence-corrected chi connectivity index (χ0v) is 9.70. The minimum atomic E-state index is 0.138. The van der Waals surface area contributed by atoms with Gasteiger partial charge in [-0.3, -0.25) is 0 Å². The first-order valence-electron chi connectivity index (χ1n) is 5.89. The maximum atomic E-state index is 6.33. The van der Waals surface area contributed by atoms with Crippen molar-refractivity contribution in [3.8, 4) is 0 Å². The second-order valence-corrected chi connectivity index (χ2v) is 5.42. The Balaban J connectivity index is 2.15. The van der Waals surface area contributed by atoms with Crippen LogP contribution in [0.1, 0.15) is 51.1 Å². The van der Waals surface area contributed by atoms with Crippen LogP contribution in [0, 0.1) is 11.3 Å². The van der Waals surface area contributed by atoms with E-state index in [2.05, 4.69) is 13.8 Å². The third kappa shape index (κ3) is 2.10. The summed E-state index contributed by atoms with van der Waals surface area (Å²) in [6, 6.07) is 2.13. The smallest absolute Gasteiger partial charge is 0.0950 e. The maximum Gasteiger partial charge on any atom is 0.0950 e. The monoisotopic (exact) mass is 207 g/mol. The quantitative estimate of drug-likeness (QED) is 0.806. The van der Waals surface area contributed by atoms with E-state index >= 15 is 0 Å². The van der Waals surface area contributed by atoms with Crippen LogP contribution in [0.3, 0.4) is 0 Å². The summed E-state index contributed by atoms with van der Waals surface area (Å²) < 4.78 is 5.11. The van der Waals surface area contributed by atoms with Crippen LogP contribution in [0.2, 0.25) is 0 Å². The van der Waals surface area contributed by atoms with Crippen molar-refractivity contribution in [3.63, 3.8) is 0 Å². The largest absolute Gasteiger partial charge is 0.472 e. The fraction of sp³-hybridized carbons (Fsp3) is 0.692. The molecule has 2 heteroatoms. The number of hydrogen-bond acceptors (Lipinski definition) is 2. The minimum absolute atomic E-state index is 0.138. The van der Waals surface area contributed by atoms with Gasteiger partial charge in [0.15, 0.2) is 0 Å². The Labute approximate surface area is 91.8 Å². The van der Waals surface area contributed by atoms with Crippen LogP contribution in [-0.2, 0) is 0 Å². The molecule has 2 unspecified atom stereocenters. The first-order chi connectivity index (χ1) is 7.11. The molecule has 2 N–H and O–H groups in total. The summed E-state index contributed by atoms with van der Waals surface area (Å²) in [5.41, 5.74) is 7.85.